The van der Waals surface area contributed by atoms with Gasteiger partial charge in [-0.3, -0.25) is 9.59 Å². The lowest BCUT2D eigenvalue weighted by atomic mass is 9.85. The molecule has 3 aromatic carbocycles. The number of hydrogen-bond donors (Lipinski definition) is 3. The molecule has 0 amide bonds. The number of carbonyl (C=O) groups is 1. The summed E-state index contributed by atoms with van der Waals surface area (Å²) in [5.41, 5.74) is 1.67. The summed E-state index contributed by atoms with van der Waals surface area (Å²) < 4.78 is 11.3. The van der Waals surface area contributed by atoms with Gasteiger partial charge in [0.25, 0.3) is 10.9 Å². The number of benzene rings is 2. The SMILES string of the molecule is CCc1ccc([C@H](Nc2c(Nc3ccc(Cl)c4c3CN(c3cc(OC)ccc3C(=O)O)C4)c(=O)c2=O)C(C)(C)C)o1. The molecule has 0 saturated carbocycles. The third kappa shape index (κ3) is 5.17. The van der Waals surface area contributed by atoms with Gasteiger partial charge in [0.05, 0.1) is 24.4 Å². The number of anilines is 4. The molecular formula is C31H32ClN3O6. The molecule has 0 aliphatic carbocycles. The van der Waals surface area contributed by atoms with Crippen molar-refractivity contribution in [2.75, 3.05) is 22.6 Å². The van der Waals surface area contributed by atoms with Gasteiger partial charge >= 0.3 is 5.97 Å². The Morgan fingerprint density at radius 2 is 1.78 bits per heavy atom. The quantitative estimate of drug-likeness (QED) is 0.198. The van der Waals surface area contributed by atoms with Gasteiger partial charge in [0.2, 0.25) is 0 Å². The fraction of sp³-hybridized carbons (Fsp3) is 0.323. The van der Waals surface area contributed by atoms with Gasteiger partial charge in [-0.25, -0.2) is 4.79 Å². The second-order valence-electron chi connectivity index (χ2n) is 11.2. The summed E-state index contributed by atoms with van der Waals surface area (Å²) in [4.78, 5) is 39.4. The maximum atomic E-state index is 12.8. The van der Waals surface area contributed by atoms with E-state index in [9.17, 15) is 19.5 Å². The Labute approximate surface area is 242 Å². The molecule has 0 fully saturated rings. The summed E-state index contributed by atoms with van der Waals surface area (Å²) in [6, 6.07) is 11.7. The van der Waals surface area contributed by atoms with Crippen LogP contribution >= 0.6 is 11.6 Å². The molecule has 4 aromatic rings. The van der Waals surface area contributed by atoms with Crippen molar-refractivity contribution in [2.45, 2.75) is 53.2 Å². The van der Waals surface area contributed by atoms with E-state index in [1.54, 1.807) is 24.3 Å². The number of aromatic carboxylic acids is 1. The topological polar surface area (TPSA) is 121 Å². The normalized spacial score (nSPS) is 13.8. The molecule has 9 nitrogen and oxygen atoms in total. The Bertz CT molecular complexity index is 1710. The minimum absolute atomic E-state index is 0.135. The highest BCUT2D eigenvalue weighted by molar-refractivity contribution is 6.31. The predicted molar refractivity (Wildman–Crippen MR) is 160 cm³/mol. The molecular weight excluding hydrogens is 546 g/mol. The largest absolute Gasteiger partial charge is 0.497 e. The summed E-state index contributed by atoms with van der Waals surface area (Å²) in [5, 5.41) is 16.8. The van der Waals surface area contributed by atoms with Gasteiger partial charge in [-0.05, 0) is 47.4 Å². The lowest BCUT2D eigenvalue weighted by molar-refractivity contribution is 0.0697. The monoisotopic (exact) mass is 577 g/mol. The maximum Gasteiger partial charge on any atom is 0.337 e. The third-order valence-corrected chi connectivity index (χ3v) is 7.84. The summed E-state index contributed by atoms with van der Waals surface area (Å²) >= 11 is 6.57. The summed E-state index contributed by atoms with van der Waals surface area (Å²) in [5.74, 6) is 0.992. The number of methoxy groups -OCH3 is 1. The van der Waals surface area contributed by atoms with Crippen molar-refractivity contribution in [3.63, 3.8) is 0 Å². The Balaban J connectivity index is 1.47. The van der Waals surface area contributed by atoms with E-state index in [-0.39, 0.29) is 28.4 Å². The molecule has 0 unspecified atom stereocenters. The first-order valence-corrected chi connectivity index (χ1v) is 13.7. The van der Waals surface area contributed by atoms with Gasteiger partial charge < -0.3 is 29.8 Å². The van der Waals surface area contributed by atoms with Crippen molar-refractivity contribution in [3.05, 3.63) is 96.1 Å². The van der Waals surface area contributed by atoms with Crippen molar-refractivity contribution < 1.29 is 19.1 Å². The number of halogens is 1. The van der Waals surface area contributed by atoms with Crippen LogP contribution in [-0.4, -0.2) is 18.2 Å². The number of carboxylic acids is 1. The van der Waals surface area contributed by atoms with Crippen molar-refractivity contribution in [1.82, 2.24) is 0 Å². The average molecular weight is 578 g/mol. The van der Waals surface area contributed by atoms with Gasteiger partial charge in [-0.2, -0.15) is 0 Å². The zero-order chi connectivity index (χ0) is 29.6. The van der Waals surface area contributed by atoms with Crippen LogP contribution < -0.4 is 31.1 Å². The number of ether oxygens (including phenoxy) is 1. The maximum absolute atomic E-state index is 12.8. The van der Waals surface area contributed by atoms with Crippen molar-refractivity contribution >= 4 is 40.3 Å². The average Bonchev–Trinajstić information content (AvgIpc) is 3.60. The molecule has 0 spiro atoms. The van der Waals surface area contributed by atoms with Gasteiger partial charge in [0, 0.05) is 41.9 Å². The molecule has 5 rings (SSSR count). The van der Waals surface area contributed by atoms with E-state index in [1.165, 1.54) is 13.2 Å². The van der Waals surface area contributed by atoms with Crippen LogP contribution in [0.5, 0.6) is 5.75 Å². The highest BCUT2D eigenvalue weighted by Crippen LogP contribution is 2.41. The Kier molecular flexibility index (Phi) is 7.33. The van der Waals surface area contributed by atoms with E-state index in [1.807, 2.05) is 44.7 Å². The van der Waals surface area contributed by atoms with Crippen molar-refractivity contribution in [1.29, 1.82) is 0 Å². The number of nitrogens with one attached hydrogen (secondary N) is 2. The molecule has 0 bridgehead atoms. The van der Waals surface area contributed by atoms with Gasteiger partial charge in [0.1, 0.15) is 28.6 Å². The predicted octanol–water partition coefficient (Wildman–Crippen LogP) is 6.26. The first-order chi connectivity index (χ1) is 19.4. The van der Waals surface area contributed by atoms with Gasteiger partial charge in [-0.1, -0.05) is 39.3 Å². The van der Waals surface area contributed by atoms with E-state index in [0.29, 0.717) is 41.0 Å². The van der Waals surface area contributed by atoms with E-state index in [0.717, 1.165) is 23.3 Å². The molecule has 0 radical (unpaired) electrons. The molecule has 41 heavy (non-hydrogen) atoms. The molecule has 10 heteroatoms. The van der Waals surface area contributed by atoms with Crippen LogP contribution in [0.3, 0.4) is 0 Å². The lowest BCUT2D eigenvalue weighted by Crippen LogP contribution is -2.39. The third-order valence-electron chi connectivity index (χ3n) is 7.49. The fourth-order valence-electron chi connectivity index (χ4n) is 5.20. The van der Waals surface area contributed by atoms with Crippen LogP contribution in [0.15, 0.2) is 56.5 Å². The van der Waals surface area contributed by atoms with E-state index < -0.39 is 16.8 Å². The molecule has 0 saturated heterocycles. The molecule has 1 aromatic heterocycles. The lowest BCUT2D eigenvalue weighted by Gasteiger charge is -2.31. The number of aryl methyl sites for hydroxylation is 1. The summed E-state index contributed by atoms with van der Waals surface area (Å²) in [6.45, 7) is 8.79. The first kappa shape index (κ1) is 28.3. The van der Waals surface area contributed by atoms with Crippen LogP contribution in [0, 0.1) is 5.41 Å². The van der Waals surface area contributed by atoms with Crippen molar-refractivity contribution in [3.8, 4) is 5.75 Å². The standard InChI is InChI=1S/C31H32ClN3O6/c1-6-16-8-12-24(41-16)29(31(2,3)4)34-26-25(27(36)28(26)37)33-22-11-10-21(32)19-14-35(15-20(19)22)23-13-17(40-5)7-9-18(23)30(38)39/h7-13,29,33-34H,6,14-15H2,1-5H3,(H,38,39)/t29-/m0/s1. The fourth-order valence-corrected chi connectivity index (χ4v) is 5.44. The van der Waals surface area contributed by atoms with Crippen LogP contribution in [0.25, 0.3) is 0 Å². The Morgan fingerprint density at radius 3 is 2.41 bits per heavy atom. The number of carboxylic acid groups (broad SMARTS) is 1. The van der Waals surface area contributed by atoms with Crippen LogP contribution in [0.1, 0.15) is 66.7 Å². The molecule has 1 aliphatic rings. The van der Waals surface area contributed by atoms with Crippen LogP contribution in [0.2, 0.25) is 5.02 Å². The summed E-state index contributed by atoms with van der Waals surface area (Å²) in [6.07, 6.45) is 0.742. The highest BCUT2D eigenvalue weighted by Gasteiger charge is 2.34. The minimum atomic E-state index is -1.06. The van der Waals surface area contributed by atoms with Crippen molar-refractivity contribution in [2.24, 2.45) is 5.41 Å². The first-order valence-electron chi connectivity index (χ1n) is 13.3. The second-order valence-corrected chi connectivity index (χ2v) is 11.6. The number of fused-ring (bicyclic) bond motifs is 1. The zero-order valence-electron chi connectivity index (χ0n) is 23.6. The van der Waals surface area contributed by atoms with Gasteiger partial charge in [0.15, 0.2) is 0 Å². The van der Waals surface area contributed by atoms with E-state index in [4.69, 9.17) is 20.8 Å². The smallest absolute Gasteiger partial charge is 0.337 e. The molecule has 1 aliphatic heterocycles. The highest BCUT2D eigenvalue weighted by atomic mass is 35.5. The minimum Gasteiger partial charge on any atom is -0.497 e. The van der Waals surface area contributed by atoms with E-state index in [2.05, 4.69) is 10.6 Å². The number of hydrogen-bond acceptors (Lipinski definition) is 8. The second kappa shape index (κ2) is 10.6. The molecule has 3 N–H and O–H groups in total. The number of nitrogens with zero attached hydrogens (tertiary/aromatic N) is 1. The van der Waals surface area contributed by atoms with E-state index >= 15 is 0 Å². The van der Waals surface area contributed by atoms with Crippen LogP contribution in [-0.2, 0) is 19.5 Å². The molecule has 2 heterocycles. The molecule has 1 atom stereocenters. The summed E-state index contributed by atoms with van der Waals surface area (Å²) in [7, 11) is 1.52. The van der Waals surface area contributed by atoms with Crippen LogP contribution in [0.4, 0.5) is 22.7 Å². The number of furan rings is 1. The van der Waals surface area contributed by atoms with Gasteiger partial charge in [-0.15, -0.1) is 0 Å². The number of rotatable bonds is 9. The molecule has 214 valence electrons. The Hall–Kier alpha value is -4.24. The zero-order valence-corrected chi connectivity index (χ0v) is 24.3. The Morgan fingerprint density at radius 1 is 1.07 bits per heavy atom.